The van der Waals surface area contributed by atoms with Gasteiger partial charge in [-0.05, 0) is 54.1 Å². The summed E-state index contributed by atoms with van der Waals surface area (Å²) in [6.45, 7) is 11.4. The number of thioether (sulfide) groups is 2. The largest absolute Gasteiger partial charge is 0.383 e. The lowest BCUT2D eigenvalue weighted by molar-refractivity contribution is 0.865. The van der Waals surface area contributed by atoms with Crippen molar-refractivity contribution in [2.24, 2.45) is 11.5 Å². The van der Waals surface area contributed by atoms with Crippen molar-refractivity contribution >= 4 is 69.9 Å². The minimum atomic E-state index is 0.285. The second-order valence-corrected chi connectivity index (χ2v) is 13.6. The molecule has 12 N–H and O–H groups in total. The smallest absolute Gasteiger partial charge is 0.255 e. The van der Waals surface area contributed by atoms with Crippen LogP contribution in [0.25, 0.3) is 23.1 Å². The highest BCUT2D eigenvalue weighted by molar-refractivity contribution is 7.98. The predicted molar refractivity (Wildman–Crippen MR) is 218 cm³/mol. The number of hydrogen-bond acceptors (Lipinski definition) is 22. The molecule has 0 atom stereocenters. The van der Waals surface area contributed by atoms with Crippen LogP contribution in [0.1, 0.15) is 56.7 Å². The molecule has 0 aliphatic rings. The van der Waals surface area contributed by atoms with E-state index in [0.29, 0.717) is 92.3 Å². The molecule has 8 rings (SSSR count). The molecule has 26 heteroatoms. The van der Waals surface area contributed by atoms with Crippen LogP contribution in [0, 0.1) is 64.2 Å². The van der Waals surface area contributed by atoms with E-state index in [2.05, 4.69) is 60.3 Å². The zero-order valence-corrected chi connectivity index (χ0v) is 34.4. The third-order valence-electron chi connectivity index (χ3n) is 8.24. The van der Waals surface area contributed by atoms with E-state index in [1.54, 1.807) is 27.7 Å². The van der Waals surface area contributed by atoms with Gasteiger partial charge >= 0.3 is 0 Å². The molecular formula is C32H40N24S2. The van der Waals surface area contributed by atoms with Gasteiger partial charge in [-0.25, -0.2) is 19.9 Å². The van der Waals surface area contributed by atoms with E-state index >= 15 is 0 Å². The maximum absolute atomic E-state index is 8.89. The molecule has 0 bridgehead atoms. The lowest BCUT2D eigenvalue weighted by Crippen LogP contribution is -2.11. The first kappa shape index (κ1) is 42.1. The van der Waals surface area contributed by atoms with Crippen molar-refractivity contribution in [1.82, 2.24) is 78.3 Å². The van der Waals surface area contributed by atoms with Crippen molar-refractivity contribution in [2.45, 2.75) is 64.9 Å². The number of anilines is 4. The van der Waals surface area contributed by atoms with Crippen molar-refractivity contribution in [1.29, 1.82) is 10.5 Å². The number of nitrogens with zero attached hydrogens (tertiary/aromatic N) is 18. The average molecular weight is 825 g/mol. The van der Waals surface area contributed by atoms with E-state index in [9.17, 15) is 0 Å². The third-order valence-corrected chi connectivity index (χ3v) is 9.32. The summed E-state index contributed by atoms with van der Waals surface area (Å²) in [5, 5.41) is 35.4. The first-order valence-corrected chi connectivity index (χ1v) is 19.4. The summed E-state index contributed by atoms with van der Waals surface area (Å²) >= 11 is 2.85. The second kappa shape index (κ2) is 17.4. The Kier molecular flexibility index (Phi) is 12.7. The molecular weight excluding hydrogens is 785 g/mol. The lowest BCUT2D eigenvalue weighted by Gasteiger charge is -2.06. The number of nitrogen functional groups attached to an aromatic ring is 4. The maximum atomic E-state index is 8.89. The van der Waals surface area contributed by atoms with Crippen LogP contribution in [-0.2, 0) is 13.1 Å². The first-order chi connectivity index (χ1) is 27.6. The van der Waals surface area contributed by atoms with Crippen molar-refractivity contribution in [3.8, 4) is 12.1 Å². The number of nitrogens with two attached hydrogens (primary N) is 6. The highest BCUT2D eigenvalue weighted by atomic mass is 32.2. The molecule has 0 fully saturated rings. The predicted octanol–water partition coefficient (Wildman–Crippen LogP) is 0.781. The molecule has 300 valence electrons. The van der Waals surface area contributed by atoms with Gasteiger partial charge < -0.3 is 34.4 Å². The Morgan fingerprint density at radius 1 is 0.466 bits per heavy atom. The molecule has 0 amide bonds. The summed E-state index contributed by atoms with van der Waals surface area (Å²) in [6, 6.07) is 3.99. The fourth-order valence-corrected chi connectivity index (χ4v) is 6.00. The minimum Gasteiger partial charge on any atom is -0.383 e. The quantitative estimate of drug-likeness (QED) is 0.133. The summed E-state index contributed by atoms with van der Waals surface area (Å²) in [4.78, 5) is 33.4. The Labute approximate surface area is 338 Å². The summed E-state index contributed by atoms with van der Waals surface area (Å²) in [5.74, 6) is 4.74. The highest BCUT2D eigenvalue weighted by Crippen LogP contribution is 2.20. The first-order valence-electron chi connectivity index (χ1n) is 16.9. The van der Waals surface area contributed by atoms with Crippen LogP contribution >= 0.6 is 23.5 Å². The molecule has 0 unspecified atom stereocenters. The van der Waals surface area contributed by atoms with Gasteiger partial charge in [-0.2, -0.15) is 48.5 Å². The Hall–Kier alpha value is -7.00. The molecule has 58 heavy (non-hydrogen) atoms. The van der Waals surface area contributed by atoms with Crippen LogP contribution in [-0.4, -0.2) is 90.8 Å². The third kappa shape index (κ3) is 8.25. The molecule has 24 nitrogen and oxygen atoms in total. The summed E-state index contributed by atoms with van der Waals surface area (Å²) < 4.78 is 5.81. The standard InChI is InChI=1S/C8H12N6S.C8H8N6S.C8H12N6.C8H8N6/c2*1-4-5(3-9)6(10)14-7(11-4)12-8(13-14)15-2;2*1-4-6(3-9)7(10)14-8(11-4)12-5(2)13-14/h3,9-10H2,1-2H3;10H2,1-2H3;3,9-10H2,1-2H3;10H2,1-2H3. The van der Waals surface area contributed by atoms with Crippen LogP contribution in [0.15, 0.2) is 10.3 Å². The lowest BCUT2D eigenvalue weighted by atomic mass is 10.2. The summed E-state index contributed by atoms with van der Waals surface area (Å²) in [6.07, 6.45) is 3.77. The second-order valence-electron chi connectivity index (χ2n) is 12.0. The van der Waals surface area contributed by atoms with Gasteiger partial charge in [0.15, 0.2) is 0 Å². The molecule has 0 aliphatic heterocycles. The van der Waals surface area contributed by atoms with E-state index in [-0.39, 0.29) is 11.6 Å². The Balaban J connectivity index is 0.000000147. The van der Waals surface area contributed by atoms with Gasteiger partial charge in [0, 0.05) is 35.6 Å². The number of hydrogen-bond donors (Lipinski definition) is 6. The zero-order chi connectivity index (χ0) is 42.6. The molecule has 0 saturated carbocycles. The molecule has 0 spiro atoms. The molecule has 0 aliphatic carbocycles. The van der Waals surface area contributed by atoms with Crippen LogP contribution < -0.4 is 34.4 Å². The van der Waals surface area contributed by atoms with Crippen molar-refractivity contribution in [3.63, 3.8) is 0 Å². The fraction of sp³-hybridized carbons (Fsp3) is 0.312. The van der Waals surface area contributed by atoms with Gasteiger partial charge in [0.1, 0.15) is 58.2 Å². The van der Waals surface area contributed by atoms with E-state index in [0.717, 1.165) is 22.5 Å². The van der Waals surface area contributed by atoms with Gasteiger partial charge in [-0.3, -0.25) is 0 Å². The Morgan fingerprint density at radius 3 is 1.12 bits per heavy atom. The van der Waals surface area contributed by atoms with Gasteiger partial charge in [0.2, 0.25) is 10.3 Å². The van der Waals surface area contributed by atoms with Crippen molar-refractivity contribution < 1.29 is 0 Å². The van der Waals surface area contributed by atoms with Crippen molar-refractivity contribution in [3.05, 3.63) is 56.7 Å². The van der Waals surface area contributed by atoms with Crippen LogP contribution in [0.5, 0.6) is 0 Å². The summed E-state index contributed by atoms with van der Waals surface area (Å²) in [7, 11) is 0. The minimum absolute atomic E-state index is 0.285. The normalized spacial score (nSPS) is 10.8. The van der Waals surface area contributed by atoms with Crippen LogP contribution in [0.4, 0.5) is 23.3 Å². The van der Waals surface area contributed by atoms with Crippen LogP contribution in [0.3, 0.4) is 0 Å². The number of aromatic nitrogens is 16. The molecule has 8 heterocycles. The SMILES string of the molecule is CSc1nc2nc(C)c(C#N)c(N)n2n1.CSc1nc2nc(C)c(CN)c(N)n2n1.Cc1nc2nc(C)c(C#N)c(N)n2n1.Cc1nc2nc(C)c(CN)c(N)n2n1. The van der Waals surface area contributed by atoms with E-state index in [1.807, 2.05) is 38.5 Å². The molecule has 0 radical (unpaired) electrons. The van der Waals surface area contributed by atoms with Crippen molar-refractivity contribution in [2.75, 3.05) is 35.4 Å². The number of nitriles is 2. The molecule has 0 saturated heterocycles. The van der Waals surface area contributed by atoms with Gasteiger partial charge in [-0.1, -0.05) is 23.5 Å². The monoisotopic (exact) mass is 824 g/mol. The molecule has 8 aromatic rings. The number of aryl methyl sites for hydroxylation is 6. The van der Waals surface area contributed by atoms with E-state index in [1.165, 1.54) is 41.6 Å². The number of rotatable bonds is 4. The van der Waals surface area contributed by atoms with Gasteiger partial charge in [0.05, 0.1) is 11.4 Å². The Bertz CT molecular complexity index is 2890. The molecule has 0 aromatic carbocycles. The van der Waals surface area contributed by atoms with Crippen LogP contribution in [0.2, 0.25) is 0 Å². The highest BCUT2D eigenvalue weighted by Gasteiger charge is 2.15. The van der Waals surface area contributed by atoms with E-state index < -0.39 is 0 Å². The van der Waals surface area contributed by atoms with Gasteiger partial charge in [0.25, 0.3) is 23.1 Å². The van der Waals surface area contributed by atoms with E-state index in [4.69, 9.17) is 44.9 Å². The fourth-order valence-electron chi connectivity index (χ4n) is 5.32. The zero-order valence-electron chi connectivity index (χ0n) is 32.7. The maximum Gasteiger partial charge on any atom is 0.255 e. The average Bonchev–Trinajstić information content (AvgIpc) is 3.98. The molecule has 8 aromatic heterocycles. The Morgan fingerprint density at radius 2 is 0.776 bits per heavy atom. The topological polar surface area (TPSA) is 376 Å². The number of fused-ring (bicyclic) bond motifs is 4. The van der Waals surface area contributed by atoms with Gasteiger partial charge in [-0.15, -0.1) is 20.4 Å². The summed E-state index contributed by atoms with van der Waals surface area (Å²) in [5.41, 5.74) is 39.6.